The summed E-state index contributed by atoms with van der Waals surface area (Å²) in [5.41, 5.74) is 2.26. The number of carbonyl (C=O) groups excluding carboxylic acids is 1. The van der Waals surface area contributed by atoms with Crippen LogP contribution in [0.15, 0.2) is 76.1 Å². The van der Waals surface area contributed by atoms with Crippen molar-refractivity contribution in [3.8, 4) is 17.1 Å². The van der Waals surface area contributed by atoms with E-state index in [4.69, 9.17) is 13.8 Å². The number of halogens is 1. The lowest BCUT2D eigenvalue weighted by molar-refractivity contribution is -0.140. The summed E-state index contributed by atoms with van der Waals surface area (Å²) in [5.74, 6) is 1.11. The first-order valence-electron chi connectivity index (χ1n) is 11.1. The molecular weight excluding hydrogens is 455 g/mol. The molecule has 3 aromatic heterocycles. The van der Waals surface area contributed by atoms with Crippen molar-refractivity contribution >= 4 is 17.4 Å². The van der Waals surface area contributed by atoms with Crippen LogP contribution in [-0.2, 0) is 11.3 Å². The van der Waals surface area contributed by atoms with E-state index in [1.165, 1.54) is 11.2 Å². The Morgan fingerprint density at radius 2 is 2.03 bits per heavy atom. The van der Waals surface area contributed by atoms with Gasteiger partial charge >= 0.3 is 0 Å². The minimum Gasteiger partial charge on any atom is -0.468 e. The monoisotopic (exact) mass is 478 g/mol. The van der Waals surface area contributed by atoms with Gasteiger partial charge in [0.2, 0.25) is 5.88 Å². The van der Waals surface area contributed by atoms with Gasteiger partial charge < -0.3 is 28.9 Å². The molecule has 1 aromatic carbocycles. The van der Waals surface area contributed by atoms with Gasteiger partial charge in [-0.05, 0) is 12.1 Å². The van der Waals surface area contributed by atoms with Crippen LogP contribution in [0.3, 0.4) is 0 Å². The van der Waals surface area contributed by atoms with Gasteiger partial charge in [0.1, 0.15) is 12.0 Å². The summed E-state index contributed by atoms with van der Waals surface area (Å²) in [6.45, 7) is 0.843. The van der Waals surface area contributed by atoms with E-state index in [0.717, 1.165) is 11.3 Å². The summed E-state index contributed by atoms with van der Waals surface area (Å²) in [5, 5.41) is 11.1. The van der Waals surface area contributed by atoms with Crippen molar-refractivity contribution in [2.45, 2.75) is 12.8 Å². The molecule has 1 unspecified atom stereocenters. The number of rotatable bonds is 8. The fourth-order valence-electron chi connectivity index (χ4n) is 3.86. The molecule has 35 heavy (non-hydrogen) atoms. The lowest BCUT2D eigenvalue weighted by Crippen LogP contribution is -2.54. The number of hydrogen-bond donors (Lipinski definition) is 1. The van der Waals surface area contributed by atoms with Gasteiger partial charge in [0, 0.05) is 48.7 Å². The molecule has 0 bridgehead atoms. The second-order valence-corrected chi connectivity index (χ2v) is 7.86. The van der Waals surface area contributed by atoms with E-state index in [2.05, 4.69) is 20.6 Å². The van der Waals surface area contributed by atoms with E-state index in [-0.39, 0.29) is 19.7 Å². The Hall–Kier alpha value is -4.41. The second kappa shape index (κ2) is 10.2. The number of aromatic nitrogens is 3. The van der Waals surface area contributed by atoms with Crippen LogP contribution < -0.4 is 15.0 Å². The van der Waals surface area contributed by atoms with Crippen LogP contribution in [-0.4, -0.2) is 58.6 Å². The second-order valence-electron chi connectivity index (χ2n) is 7.86. The lowest BCUT2D eigenvalue weighted by atomic mass is 10.1. The average Bonchev–Trinajstić information content (AvgIpc) is 3.59. The van der Waals surface area contributed by atoms with Crippen LogP contribution >= 0.6 is 0 Å². The molecule has 0 aliphatic carbocycles. The normalized spacial score (nSPS) is 15.7. The Bertz CT molecular complexity index is 1250. The van der Waals surface area contributed by atoms with Crippen LogP contribution in [0.2, 0.25) is 0 Å². The van der Waals surface area contributed by atoms with E-state index in [1.54, 1.807) is 30.5 Å². The van der Waals surface area contributed by atoms with Gasteiger partial charge in [-0.3, -0.25) is 4.79 Å². The molecule has 10 nitrogen and oxygen atoms in total. The van der Waals surface area contributed by atoms with Crippen LogP contribution in [0.25, 0.3) is 11.3 Å². The topological polar surface area (TPSA) is 110 Å². The number of ether oxygens (including phenoxy) is 1. The average molecular weight is 478 g/mol. The number of piperazine rings is 1. The number of alkyl halides is 1. The number of carbonyl (C=O) groups is 1. The van der Waals surface area contributed by atoms with Gasteiger partial charge in [0.15, 0.2) is 24.5 Å². The number of pyridine rings is 1. The van der Waals surface area contributed by atoms with Crippen molar-refractivity contribution in [3.63, 3.8) is 0 Å². The molecule has 1 N–H and O–H groups in total. The van der Waals surface area contributed by atoms with E-state index in [1.807, 2.05) is 35.2 Å². The molecule has 1 atom stereocenters. The number of para-hydroxylation sites is 1. The smallest absolute Gasteiger partial charge is 0.262 e. The van der Waals surface area contributed by atoms with Crippen molar-refractivity contribution in [3.05, 3.63) is 72.8 Å². The largest absolute Gasteiger partial charge is 0.468 e. The zero-order valence-electron chi connectivity index (χ0n) is 18.7. The van der Waals surface area contributed by atoms with Gasteiger partial charge in [-0.2, -0.15) is 0 Å². The minimum absolute atomic E-state index is 0.0325. The molecule has 5 rings (SSSR count). The number of nitrogens with zero attached hydrogens (tertiary/aromatic N) is 5. The summed E-state index contributed by atoms with van der Waals surface area (Å²) in [7, 11) is 0. The third-order valence-corrected chi connectivity index (χ3v) is 5.58. The molecule has 1 aliphatic heterocycles. The molecule has 0 spiro atoms. The van der Waals surface area contributed by atoms with Crippen LogP contribution in [0.4, 0.5) is 15.9 Å². The number of anilines is 2. The SMILES string of the molecule is O=C(COc1ccccn1)N1CCN(c2ccccc2-c2cc(CNc3ccon3)on2)CC1F. The van der Waals surface area contributed by atoms with E-state index in [0.29, 0.717) is 36.2 Å². The molecule has 1 aliphatic rings. The molecular formula is C24H23FN6O4. The van der Waals surface area contributed by atoms with Crippen LogP contribution in [0.5, 0.6) is 5.88 Å². The van der Waals surface area contributed by atoms with Crippen molar-refractivity contribution in [1.82, 2.24) is 20.2 Å². The summed E-state index contributed by atoms with van der Waals surface area (Å²) in [4.78, 5) is 19.7. The summed E-state index contributed by atoms with van der Waals surface area (Å²) in [6.07, 6.45) is 1.57. The fourth-order valence-corrected chi connectivity index (χ4v) is 3.86. The van der Waals surface area contributed by atoms with Crippen molar-refractivity contribution in [1.29, 1.82) is 0 Å². The van der Waals surface area contributed by atoms with Gasteiger partial charge in [-0.25, -0.2) is 9.37 Å². The van der Waals surface area contributed by atoms with Gasteiger partial charge in [-0.15, -0.1) is 0 Å². The Morgan fingerprint density at radius 3 is 2.83 bits per heavy atom. The van der Waals surface area contributed by atoms with Crippen molar-refractivity contribution in [2.75, 3.05) is 36.5 Å². The standard InChI is InChI=1S/C24H23FN6O4/c25-21-15-30(10-11-31(21)24(32)16-33-23-7-3-4-9-26-23)20-6-2-1-5-18(20)19-13-17(35-28-19)14-27-22-8-12-34-29-22/h1-9,12-13,21H,10-11,14-16H2,(H,27,29). The van der Waals surface area contributed by atoms with Crippen molar-refractivity contribution < 1.29 is 23.0 Å². The zero-order valence-corrected chi connectivity index (χ0v) is 18.7. The molecule has 1 amide bonds. The summed E-state index contributed by atoms with van der Waals surface area (Å²) >= 11 is 0. The van der Waals surface area contributed by atoms with Crippen LogP contribution in [0.1, 0.15) is 5.76 Å². The first kappa shape index (κ1) is 22.4. The minimum atomic E-state index is -1.48. The maximum Gasteiger partial charge on any atom is 0.262 e. The molecule has 11 heteroatoms. The highest BCUT2D eigenvalue weighted by Gasteiger charge is 2.31. The summed E-state index contributed by atoms with van der Waals surface area (Å²) in [6, 6.07) is 16.3. The van der Waals surface area contributed by atoms with E-state index in [9.17, 15) is 4.79 Å². The number of hydrogen-bond acceptors (Lipinski definition) is 9. The summed E-state index contributed by atoms with van der Waals surface area (Å²) < 4.78 is 30.7. The number of amides is 1. The Labute approximate surface area is 200 Å². The van der Waals surface area contributed by atoms with Gasteiger partial charge in [0.05, 0.1) is 13.1 Å². The predicted molar refractivity (Wildman–Crippen MR) is 124 cm³/mol. The zero-order chi connectivity index (χ0) is 24.0. The highest BCUT2D eigenvalue weighted by Crippen LogP contribution is 2.32. The predicted octanol–water partition coefficient (Wildman–Crippen LogP) is 3.36. The molecule has 1 fully saturated rings. The molecule has 0 saturated carbocycles. The quantitative estimate of drug-likeness (QED) is 0.381. The highest BCUT2D eigenvalue weighted by atomic mass is 19.1. The molecule has 1 saturated heterocycles. The Morgan fingerprint density at radius 1 is 1.14 bits per heavy atom. The van der Waals surface area contributed by atoms with Gasteiger partial charge in [-0.1, -0.05) is 34.6 Å². The highest BCUT2D eigenvalue weighted by molar-refractivity contribution is 5.79. The third-order valence-electron chi connectivity index (χ3n) is 5.58. The molecule has 4 aromatic rings. The Kier molecular flexibility index (Phi) is 6.55. The third kappa shape index (κ3) is 5.24. The number of nitrogens with one attached hydrogen (secondary N) is 1. The Balaban J connectivity index is 1.23. The maximum absolute atomic E-state index is 15.1. The van der Waals surface area contributed by atoms with Crippen molar-refractivity contribution in [2.24, 2.45) is 0 Å². The molecule has 4 heterocycles. The number of benzene rings is 1. The first-order chi connectivity index (χ1) is 17.2. The lowest BCUT2D eigenvalue weighted by Gasteiger charge is -2.39. The van der Waals surface area contributed by atoms with Gasteiger partial charge in [0.25, 0.3) is 5.91 Å². The first-order valence-corrected chi connectivity index (χ1v) is 11.1. The molecule has 0 radical (unpaired) electrons. The van der Waals surface area contributed by atoms with Crippen LogP contribution in [0, 0.1) is 0 Å². The fraction of sp³-hybridized carbons (Fsp3) is 0.250. The maximum atomic E-state index is 15.1. The van der Waals surface area contributed by atoms with E-state index < -0.39 is 12.2 Å². The molecule has 180 valence electrons. The van der Waals surface area contributed by atoms with E-state index >= 15 is 4.39 Å².